The van der Waals surface area contributed by atoms with Gasteiger partial charge >= 0.3 is 5.97 Å². The predicted octanol–water partition coefficient (Wildman–Crippen LogP) is 1.92. The molecule has 110 valence electrons. The number of sulfonamides is 1. The fourth-order valence-corrected chi connectivity index (χ4v) is 4.14. The van der Waals surface area contributed by atoms with E-state index in [-0.39, 0.29) is 4.90 Å². The molecule has 2 rings (SSSR count). The van der Waals surface area contributed by atoms with E-state index in [1.807, 2.05) is 13.0 Å². The maximum Gasteiger partial charge on any atom is 0.310 e. The summed E-state index contributed by atoms with van der Waals surface area (Å²) in [4.78, 5) is 11.6. The molecule has 2 atom stereocenters. The zero-order chi connectivity index (χ0) is 15.0. The van der Waals surface area contributed by atoms with Crippen molar-refractivity contribution in [3.63, 3.8) is 0 Å². The molecule has 5 nitrogen and oxygen atoms in total. The number of carbonyl (C=O) groups is 1. The summed E-state index contributed by atoms with van der Waals surface area (Å²) in [5.74, 6) is -0.952. The predicted molar refractivity (Wildman–Crippen MR) is 74.9 cm³/mol. The van der Waals surface area contributed by atoms with Crippen LogP contribution in [0.4, 0.5) is 0 Å². The van der Waals surface area contributed by atoms with Gasteiger partial charge in [-0.05, 0) is 44.4 Å². The minimum Gasteiger partial charge on any atom is -0.481 e. The first-order chi connectivity index (χ1) is 9.25. The molecule has 1 aliphatic rings. The number of hydrogen-bond donors (Lipinski definition) is 2. The number of benzene rings is 1. The lowest BCUT2D eigenvalue weighted by molar-refractivity contribution is -0.148. The molecule has 1 aromatic carbocycles. The van der Waals surface area contributed by atoms with E-state index in [1.165, 1.54) is 6.07 Å². The topological polar surface area (TPSA) is 83.5 Å². The molecule has 1 aromatic rings. The fraction of sp³-hybridized carbons (Fsp3) is 0.500. The normalized spacial score (nSPS) is 26.6. The van der Waals surface area contributed by atoms with Crippen molar-refractivity contribution >= 4 is 16.0 Å². The van der Waals surface area contributed by atoms with E-state index >= 15 is 0 Å². The number of carboxylic acids is 1. The van der Waals surface area contributed by atoms with Crippen LogP contribution in [0.15, 0.2) is 29.2 Å². The van der Waals surface area contributed by atoms with Gasteiger partial charge in [-0.3, -0.25) is 4.79 Å². The van der Waals surface area contributed by atoms with Gasteiger partial charge in [0.2, 0.25) is 10.0 Å². The zero-order valence-corrected chi connectivity index (χ0v) is 12.4. The Kier molecular flexibility index (Phi) is 3.88. The smallest absolute Gasteiger partial charge is 0.310 e. The minimum absolute atomic E-state index is 0.178. The maximum absolute atomic E-state index is 12.3. The molecule has 0 aliphatic heterocycles. The van der Waals surface area contributed by atoms with Gasteiger partial charge in [0.25, 0.3) is 0 Å². The summed E-state index contributed by atoms with van der Waals surface area (Å²) >= 11 is 0. The van der Waals surface area contributed by atoms with Crippen LogP contribution in [0.1, 0.15) is 31.7 Å². The average molecular weight is 297 g/mol. The molecule has 1 saturated carbocycles. The van der Waals surface area contributed by atoms with Gasteiger partial charge in [0.05, 0.1) is 10.3 Å². The molecule has 0 bridgehead atoms. The lowest BCUT2D eigenvalue weighted by atomic mass is 9.85. The zero-order valence-electron chi connectivity index (χ0n) is 11.6. The summed E-state index contributed by atoms with van der Waals surface area (Å²) in [6.07, 6.45) is 1.75. The molecule has 0 aromatic heterocycles. The molecule has 0 heterocycles. The van der Waals surface area contributed by atoms with Crippen molar-refractivity contribution in [2.24, 2.45) is 5.41 Å². The maximum atomic E-state index is 12.3. The number of aryl methyl sites for hydroxylation is 1. The highest BCUT2D eigenvalue weighted by Gasteiger charge is 2.46. The summed E-state index contributed by atoms with van der Waals surface area (Å²) in [7, 11) is -3.68. The van der Waals surface area contributed by atoms with Crippen molar-refractivity contribution in [3.8, 4) is 0 Å². The summed E-state index contributed by atoms with van der Waals surface area (Å²) in [6, 6.07) is 6.02. The van der Waals surface area contributed by atoms with Crippen LogP contribution >= 0.6 is 0 Å². The van der Waals surface area contributed by atoms with E-state index < -0.39 is 27.4 Å². The Bertz CT molecular complexity index is 626. The first-order valence-electron chi connectivity index (χ1n) is 6.58. The van der Waals surface area contributed by atoms with Crippen LogP contribution in [0.2, 0.25) is 0 Å². The second-order valence-corrected chi connectivity index (χ2v) is 7.32. The number of hydrogen-bond acceptors (Lipinski definition) is 3. The Morgan fingerprint density at radius 2 is 2.15 bits per heavy atom. The highest BCUT2D eigenvalue weighted by molar-refractivity contribution is 7.89. The third-order valence-corrected chi connectivity index (χ3v) is 5.51. The Hall–Kier alpha value is -1.40. The SMILES string of the molecule is Cc1cccc(S(=O)(=O)NC2CCCC2(C)C(=O)O)c1. The highest BCUT2D eigenvalue weighted by atomic mass is 32.2. The summed E-state index contributed by atoms with van der Waals surface area (Å²) in [5.41, 5.74) is -0.183. The average Bonchev–Trinajstić information content (AvgIpc) is 2.72. The van der Waals surface area contributed by atoms with Crippen LogP contribution in [0.3, 0.4) is 0 Å². The molecule has 1 fully saturated rings. The number of nitrogens with one attached hydrogen (secondary N) is 1. The molecular formula is C14H19NO4S. The van der Waals surface area contributed by atoms with Gasteiger partial charge in [-0.25, -0.2) is 13.1 Å². The molecule has 0 spiro atoms. The minimum atomic E-state index is -3.68. The van der Waals surface area contributed by atoms with Crippen LogP contribution in [0, 0.1) is 12.3 Å². The molecule has 20 heavy (non-hydrogen) atoms. The van der Waals surface area contributed by atoms with Crippen molar-refractivity contribution in [2.45, 2.75) is 44.0 Å². The van der Waals surface area contributed by atoms with Crippen molar-refractivity contribution < 1.29 is 18.3 Å². The van der Waals surface area contributed by atoms with Crippen LogP contribution in [-0.4, -0.2) is 25.5 Å². The summed E-state index contributed by atoms with van der Waals surface area (Å²) < 4.78 is 27.3. The highest BCUT2D eigenvalue weighted by Crippen LogP contribution is 2.38. The van der Waals surface area contributed by atoms with Crippen molar-refractivity contribution in [2.75, 3.05) is 0 Å². The monoisotopic (exact) mass is 297 g/mol. The van der Waals surface area contributed by atoms with Crippen molar-refractivity contribution in [1.29, 1.82) is 0 Å². The van der Waals surface area contributed by atoms with E-state index in [4.69, 9.17) is 0 Å². The van der Waals surface area contributed by atoms with Gasteiger partial charge in [-0.1, -0.05) is 18.6 Å². The lowest BCUT2D eigenvalue weighted by Gasteiger charge is -2.27. The van der Waals surface area contributed by atoms with Crippen LogP contribution in [0.25, 0.3) is 0 Å². The first-order valence-corrected chi connectivity index (χ1v) is 8.06. The first kappa shape index (κ1) is 15.0. The molecule has 0 saturated heterocycles. The van der Waals surface area contributed by atoms with Gasteiger partial charge in [-0.2, -0.15) is 0 Å². The molecule has 6 heteroatoms. The molecular weight excluding hydrogens is 278 g/mol. The number of aliphatic carboxylic acids is 1. The third kappa shape index (κ3) is 2.71. The quantitative estimate of drug-likeness (QED) is 0.889. The Balaban J connectivity index is 2.27. The van der Waals surface area contributed by atoms with E-state index in [2.05, 4.69) is 4.72 Å². The fourth-order valence-electron chi connectivity index (χ4n) is 2.65. The van der Waals surface area contributed by atoms with E-state index in [0.717, 1.165) is 5.56 Å². The molecule has 1 aliphatic carbocycles. The third-order valence-electron chi connectivity index (χ3n) is 4.04. The van der Waals surface area contributed by atoms with Crippen LogP contribution in [0.5, 0.6) is 0 Å². The van der Waals surface area contributed by atoms with Gasteiger partial charge < -0.3 is 5.11 Å². The summed E-state index contributed by atoms with van der Waals surface area (Å²) in [6.45, 7) is 3.42. The van der Waals surface area contributed by atoms with Gasteiger partial charge in [0, 0.05) is 6.04 Å². The van der Waals surface area contributed by atoms with Gasteiger partial charge in [0.1, 0.15) is 0 Å². The van der Waals surface area contributed by atoms with Crippen molar-refractivity contribution in [1.82, 2.24) is 4.72 Å². The van der Waals surface area contributed by atoms with E-state index in [1.54, 1.807) is 19.1 Å². The lowest BCUT2D eigenvalue weighted by Crippen LogP contribution is -2.46. The van der Waals surface area contributed by atoms with E-state index in [0.29, 0.717) is 19.3 Å². The Labute approximate surface area is 119 Å². The Morgan fingerprint density at radius 1 is 1.45 bits per heavy atom. The van der Waals surface area contributed by atoms with Gasteiger partial charge in [0.15, 0.2) is 0 Å². The second kappa shape index (κ2) is 5.18. The van der Waals surface area contributed by atoms with Crippen LogP contribution in [-0.2, 0) is 14.8 Å². The van der Waals surface area contributed by atoms with Gasteiger partial charge in [-0.15, -0.1) is 0 Å². The molecule has 0 radical (unpaired) electrons. The van der Waals surface area contributed by atoms with E-state index in [9.17, 15) is 18.3 Å². The summed E-state index contributed by atoms with van der Waals surface area (Å²) in [5, 5.41) is 9.32. The number of carboxylic acid groups (broad SMARTS) is 1. The molecule has 2 N–H and O–H groups in total. The molecule has 0 amide bonds. The van der Waals surface area contributed by atoms with Crippen molar-refractivity contribution in [3.05, 3.63) is 29.8 Å². The number of rotatable bonds is 4. The standard InChI is InChI=1S/C14H19NO4S/c1-10-5-3-6-11(9-10)20(18,19)15-12-7-4-8-14(12,2)13(16)17/h3,5-6,9,12,15H,4,7-8H2,1-2H3,(H,16,17). The molecule has 2 unspecified atom stereocenters. The Morgan fingerprint density at radius 3 is 2.75 bits per heavy atom. The van der Waals surface area contributed by atoms with Crippen LogP contribution < -0.4 is 4.72 Å². The second-order valence-electron chi connectivity index (χ2n) is 5.61. The largest absolute Gasteiger partial charge is 0.481 e.